The van der Waals surface area contributed by atoms with Gasteiger partial charge in [0.1, 0.15) is 5.82 Å². The Balaban J connectivity index is 1.84. The van der Waals surface area contributed by atoms with E-state index in [4.69, 9.17) is 4.74 Å². The molecule has 4 rings (SSSR count). The third-order valence-electron chi connectivity index (χ3n) is 4.30. The molecule has 2 aromatic heterocycles. The lowest BCUT2D eigenvalue weighted by Gasteiger charge is -2.01. The summed E-state index contributed by atoms with van der Waals surface area (Å²) >= 11 is 0. The molecule has 0 amide bonds. The summed E-state index contributed by atoms with van der Waals surface area (Å²) in [5, 5.41) is 5.80. The van der Waals surface area contributed by atoms with E-state index in [1.54, 1.807) is 48.1 Å². The largest absolute Gasteiger partial charge is 0.463 e. The van der Waals surface area contributed by atoms with Gasteiger partial charge in [-0.1, -0.05) is 6.07 Å². The zero-order chi connectivity index (χ0) is 19.7. The number of hydrogen-bond acceptors (Lipinski definition) is 4. The lowest BCUT2D eigenvalue weighted by atomic mass is 10.1. The number of nitrogens with zero attached hydrogens (tertiary/aromatic N) is 2. The predicted octanol–water partition coefficient (Wildman–Crippen LogP) is 3.58. The van der Waals surface area contributed by atoms with Crippen molar-refractivity contribution in [2.75, 3.05) is 6.61 Å². The van der Waals surface area contributed by atoms with E-state index >= 15 is 0 Å². The van der Waals surface area contributed by atoms with Crippen LogP contribution in [0.5, 0.6) is 0 Å². The highest BCUT2D eigenvalue weighted by molar-refractivity contribution is 6.04. The van der Waals surface area contributed by atoms with Crippen LogP contribution in [-0.2, 0) is 9.53 Å². The first-order valence-corrected chi connectivity index (χ1v) is 8.71. The zero-order valence-corrected chi connectivity index (χ0v) is 15.0. The zero-order valence-electron chi connectivity index (χ0n) is 15.0. The molecule has 7 heteroatoms. The van der Waals surface area contributed by atoms with Gasteiger partial charge in [0, 0.05) is 28.6 Å². The molecule has 0 aliphatic heterocycles. The van der Waals surface area contributed by atoms with Gasteiger partial charge in [-0.2, -0.15) is 5.10 Å². The topological polar surface area (TPSA) is 77.0 Å². The molecule has 28 heavy (non-hydrogen) atoms. The van der Waals surface area contributed by atoms with Crippen LogP contribution in [0.4, 0.5) is 4.39 Å². The van der Waals surface area contributed by atoms with Crippen LogP contribution >= 0.6 is 0 Å². The molecule has 0 spiro atoms. The summed E-state index contributed by atoms with van der Waals surface area (Å²) in [7, 11) is 0. The van der Waals surface area contributed by atoms with Crippen LogP contribution in [0.15, 0.2) is 59.5 Å². The lowest BCUT2D eigenvalue weighted by Crippen LogP contribution is -2.07. The molecule has 0 saturated carbocycles. The van der Waals surface area contributed by atoms with E-state index in [1.807, 2.05) is 6.07 Å². The minimum absolute atomic E-state index is 0.281. The van der Waals surface area contributed by atoms with Crippen LogP contribution in [0.1, 0.15) is 12.5 Å². The van der Waals surface area contributed by atoms with E-state index in [0.29, 0.717) is 23.2 Å². The van der Waals surface area contributed by atoms with Gasteiger partial charge in [-0.15, -0.1) is 0 Å². The van der Waals surface area contributed by atoms with Crippen molar-refractivity contribution in [2.24, 2.45) is 0 Å². The second-order valence-corrected chi connectivity index (χ2v) is 6.16. The molecule has 0 saturated heterocycles. The van der Waals surface area contributed by atoms with E-state index in [9.17, 15) is 14.0 Å². The Morgan fingerprint density at radius 2 is 2.00 bits per heavy atom. The number of carbonyl (C=O) groups is 1. The first kappa shape index (κ1) is 17.7. The molecular weight excluding hydrogens is 361 g/mol. The highest BCUT2D eigenvalue weighted by atomic mass is 19.1. The van der Waals surface area contributed by atoms with Crippen molar-refractivity contribution in [2.45, 2.75) is 6.92 Å². The number of benzene rings is 2. The first-order valence-electron chi connectivity index (χ1n) is 8.71. The Bertz CT molecular complexity index is 1270. The summed E-state index contributed by atoms with van der Waals surface area (Å²) in [6.45, 7) is 2.05. The number of ether oxygens (including phenoxy) is 1. The lowest BCUT2D eigenvalue weighted by molar-refractivity contribution is -0.137. The Hall–Kier alpha value is -3.74. The summed E-state index contributed by atoms with van der Waals surface area (Å²) in [6.07, 6.45) is 4.74. The van der Waals surface area contributed by atoms with Crippen LogP contribution in [0.2, 0.25) is 0 Å². The summed E-state index contributed by atoms with van der Waals surface area (Å²) in [6, 6.07) is 11.3. The SMILES string of the molecule is CCOC(=O)/C=C/c1ccc2[nH]c(=O)c3nn(-c4ccc(F)cc4)cc3c2c1. The molecule has 0 bridgehead atoms. The highest BCUT2D eigenvalue weighted by Gasteiger charge is 2.11. The van der Waals surface area contributed by atoms with Gasteiger partial charge in [0.15, 0.2) is 5.52 Å². The fourth-order valence-corrected chi connectivity index (χ4v) is 3.00. The number of H-pyrrole nitrogens is 1. The third kappa shape index (κ3) is 3.29. The number of aromatic nitrogens is 3. The average molecular weight is 377 g/mol. The van der Waals surface area contributed by atoms with E-state index in [1.165, 1.54) is 18.2 Å². The number of aromatic amines is 1. The minimum Gasteiger partial charge on any atom is -0.463 e. The Morgan fingerprint density at radius 1 is 1.21 bits per heavy atom. The van der Waals surface area contributed by atoms with E-state index in [-0.39, 0.29) is 16.9 Å². The molecule has 2 heterocycles. The molecule has 0 radical (unpaired) electrons. The second kappa shape index (κ2) is 7.11. The van der Waals surface area contributed by atoms with Gasteiger partial charge in [-0.25, -0.2) is 13.9 Å². The van der Waals surface area contributed by atoms with Crippen molar-refractivity contribution >= 4 is 33.9 Å². The number of halogens is 1. The summed E-state index contributed by atoms with van der Waals surface area (Å²) in [5.74, 6) is -0.764. The molecule has 0 atom stereocenters. The highest BCUT2D eigenvalue weighted by Crippen LogP contribution is 2.23. The van der Waals surface area contributed by atoms with Crippen molar-refractivity contribution in [1.82, 2.24) is 14.8 Å². The summed E-state index contributed by atoms with van der Waals surface area (Å²) < 4.78 is 19.6. The first-order chi connectivity index (χ1) is 13.5. The van der Waals surface area contributed by atoms with Crippen LogP contribution in [0.3, 0.4) is 0 Å². The monoisotopic (exact) mass is 377 g/mol. The van der Waals surface area contributed by atoms with Gasteiger partial charge in [0.2, 0.25) is 0 Å². The minimum atomic E-state index is -0.418. The molecule has 6 nitrogen and oxygen atoms in total. The third-order valence-corrected chi connectivity index (χ3v) is 4.30. The van der Waals surface area contributed by atoms with Crippen molar-refractivity contribution in [3.8, 4) is 5.69 Å². The predicted molar refractivity (Wildman–Crippen MR) is 105 cm³/mol. The van der Waals surface area contributed by atoms with Crippen LogP contribution < -0.4 is 5.56 Å². The van der Waals surface area contributed by atoms with Gasteiger partial charge in [-0.05, 0) is 55.0 Å². The van der Waals surface area contributed by atoms with Crippen LogP contribution in [0.25, 0.3) is 33.6 Å². The summed E-state index contributed by atoms with van der Waals surface area (Å²) in [5.41, 5.74) is 2.05. The maximum Gasteiger partial charge on any atom is 0.330 e. The fourth-order valence-electron chi connectivity index (χ4n) is 3.00. The smallest absolute Gasteiger partial charge is 0.330 e. The molecule has 4 aromatic rings. The van der Waals surface area contributed by atoms with Gasteiger partial charge in [-0.3, -0.25) is 4.79 Å². The van der Waals surface area contributed by atoms with Gasteiger partial charge < -0.3 is 9.72 Å². The number of rotatable bonds is 4. The molecule has 0 aliphatic rings. The van der Waals surface area contributed by atoms with Crippen LogP contribution in [0, 0.1) is 5.82 Å². The second-order valence-electron chi connectivity index (χ2n) is 6.16. The van der Waals surface area contributed by atoms with Gasteiger partial charge in [0.05, 0.1) is 12.3 Å². The number of fused-ring (bicyclic) bond motifs is 3. The molecule has 0 unspecified atom stereocenters. The average Bonchev–Trinajstić information content (AvgIpc) is 3.14. The van der Waals surface area contributed by atoms with Crippen molar-refractivity contribution in [3.63, 3.8) is 0 Å². The Kier molecular flexibility index (Phi) is 4.49. The molecule has 0 fully saturated rings. The van der Waals surface area contributed by atoms with E-state index in [2.05, 4.69) is 10.1 Å². The number of pyridine rings is 1. The van der Waals surface area contributed by atoms with Gasteiger partial charge in [0.25, 0.3) is 5.56 Å². The van der Waals surface area contributed by atoms with Crippen LogP contribution in [-0.4, -0.2) is 27.3 Å². The fraction of sp³-hybridized carbons (Fsp3) is 0.0952. The maximum absolute atomic E-state index is 13.2. The normalized spacial score (nSPS) is 11.5. The number of carbonyl (C=O) groups excluding carboxylic acids is 1. The molecule has 1 N–H and O–H groups in total. The molecule has 140 valence electrons. The molecule has 0 aliphatic carbocycles. The van der Waals surface area contributed by atoms with Crippen molar-refractivity contribution in [3.05, 3.63) is 76.5 Å². The Morgan fingerprint density at radius 3 is 2.75 bits per heavy atom. The number of nitrogens with one attached hydrogen (secondary N) is 1. The number of hydrogen-bond donors (Lipinski definition) is 1. The quantitative estimate of drug-likeness (QED) is 0.436. The molecular formula is C21H16FN3O3. The van der Waals surface area contributed by atoms with Crippen molar-refractivity contribution < 1.29 is 13.9 Å². The van der Waals surface area contributed by atoms with E-state index in [0.717, 1.165) is 10.9 Å². The molecule has 2 aromatic carbocycles. The standard InChI is InChI=1S/C21H16FN3O3/c1-2-28-19(26)10-4-13-3-9-18-16(11-13)17-12-25(24-20(17)21(27)23-18)15-7-5-14(22)6-8-15/h3-12H,2H2,1H3,(H,23,27)/b10-4+. The van der Waals surface area contributed by atoms with E-state index < -0.39 is 5.97 Å². The Labute approximate surface area is 158 Å². The summed E-state index contributed by atoms with van der Waals surface area (Å²) in [4.78, 5) is 26.7. The van der Waals surface area contributed by atoms with Gasteiger partial charge >= 0.3 is 5.97 Å². The number of esters is 1. The maximum atomic E-state index is 13.2. The van der Waals surface area contributed by atoms with Crippen molar-refractivity contribution in [1.29, 1.82) is 0 Å².